The molecule has 1 fully saturated rings. The van der Waals surface area contributed by atoms with Gasteiger partial charge in [-0.3, -0.25) is 4.79 Å². The van der Waals surface area contributed by atoms with Gasteiger partial charge in [0.2, 0.25) is 0 Å². The summed E-state index contributed by atoms with van der Waals surface area (Å²) in [5, 5.41) is 4.33. The average Bonchev–Trinajstić information content (AvgIpc) is 3.30. The van der Waals surface area contributed by atoms with Gasteiger partial charge in [-0.1, -0.05) is 12.1 Å². The fourth-order valence-electron chi connectivity index (χ4n) is 2.66. The smallest absolute Gasteiger partial charge is 0.257 e. The average molecular weight is 329 g/mol. The molecule has 0 aliphatic heterocycles. The molecule has 0 N–H and O–H groups in total. The number of rotatable bonds is 8. The van der Waals surface area contributed by atoms with Gasteiger partial charge in [-0.05, 0) is 30.9 Å². The van der Waals surface area contributed by atoms with E-state index in [1.807, 2.05) is 29.2 Å². The highest BCUT2D eigenvalue weighted by Gasteiger charge is 2.27. The quantitative estimate of drug-likeness (QED) is 0.746. The summed E-state index contributed by atoms with van der Waals surface area (Å²) in [5.41, 5.74) is 1.39. The topological polar surface area (TPSA) is 56.6 Å². The van der Waals surface area contributed by atoms with Crippen LogP contribution in [0.1, 0.15) is 23.2 Å². The predicted octanol–water partition coefficient (Wildman–Crippen LogP) is 2.38. The van der Waals surface area contributed by atoms with Crippen molar-refractivity contribution in [3.8, 4) is 11.4 Å². The first-order valence-electron chi connectivity index (χ1n) is 8.19. The molecule has 1 aliphatic rings. The van der Waals surface area contributed by atoms with Gasteiger partial charge in [0.05, 0.1) is 25.5 Å². The van der Waals surface area contributed by atoms with E-state index in [0.717, 1.165) is 12.2 Å². The summed E-state index contributed by atoms with van der Waals surface area (Å²) in [7, 11) is 3.27. The summed E-state index contributed by atoms with van der Waals surface area (Å²) in [5.74, 6) is 1.35. The molecule has 0 radical (unpaired) electrons. The molecule has 1 heterocycles. The molecule has 0 atom stereocenters. The van der Waals surface area contributed by atoms with Crippen molar-refractivity contribution in [3.05, 3.63) is 42.2 Å². The molecule has 0 bridgehead atoms. The van der Waals surface area contributed by atoms with E-state index >= 15 is 0 Å². The maximum absolute atomic E-state index is 12.8. The number of benzene rings is 1. The Hall–Kier alpha value is -2.34. The van der Waals surface area contributed by atoms with Gasteiger partial charge < -0.3 is 14.4 Å². The first kappa shape index (κ1) is 16.5. The first-order valence-corrected chi connectivity index (χ1v) is 8.19. The first-order chi connectivity index (χ1) is 11.7. The molecule has 3 rings (SSSR count). The lowest BCUT2D eigenvalue weighted by Crippen LogP contribution is -2.35. The summed E-state index contributed by atoms with van der Waals surface area (Å²) in [6.07, 6.45) is 5.78. The lowest BCUT2D eigenvalue weighted by molar-refractivity contribution is 0.0686. The van der Waals surface area contributed by atoms with Gasteiger partial charge in [0.15, 0.2) is 0 Å². The Morgan fingerprint density at radius 3 is 2.83 bits per heavy atom. The zero-order chi connectivity index (χ0) is 16.9. The zero-order valence-corrected chi connectivity index (χ0v) is 14.1. The van der Waals surface area contributed by atoms with Crippen molar-refractivity contribution < 1.29 is 14.3 Å². The molecule has 128 valence electrons. The fourth-order valence-corrected chi connectivity index (χ4v) is 2.66. The number of aromatic nitrogens is 2. The van der Waals surface area contributed by atoms with Crippen LogP contribution in [0.25, 0.3) is 5.69 Å². The fraction of sp³-hybridized carbons (Fsp3) is 0.444. The number of hydrogen-bond acceptors (Lipinski definition) is 4. The molecule has 6 heteroatoms. The zero-order valence-electron chi connectivity index (χ0n) is 14.1. The van der Waals surface area contributed by atoms with Gasteiger partial charge in [-0.15, -0.1) is 0 Å². The molecule has 1 aromatic carbocycles. The Bertz CT molecular complexity index is 694. The van der Waals surface area contributed by atoms with Crippen LogP contribution in [-0.4, -0.2) is 54.5 Å². The van der Waals surface area contributed by atoms with Crippen LogP contribution in [0.5, 0.6) is 5.75 Å². The molecular weight excluding hydrogens is 306 g/mol. The van der Waals surface area contributed by atoms with Gasteiger partial charge in [-0.2, -0.15) is 5.10 Å². The molecule has 2 aromatic rings. The van der Waals surface area contributed by atoms with Gasteiger partial charge in [0.1, 0.15) is 11.4 Å². The van der Waals surface area contributed by atoms with E-state index in [9.17, 15) is 4.79 Å². The van der Waals surface area contributed by atoms with Gasteiger partial charge >= 0.3 is 0 Å². The lowest BCUT2D eigenvalue weighted by Gasteiger charge is -2.21. The highest BCUT2D eigenvalue weighted by atomic mass is 16.5. The van der Waals surface area contributed by atoms with Gasteiger partial charge in [-0.25, -0.2) is 4.68 Å². The number of nitrogens with zero attached hydrogens (tertiary/aromatic N) is 3. The second-order valence-corrected chi connectivity index (χ2v) is 6.03. The maximum atomic E-state index is 12.8. The summed E-state index contributed by atoms with van der Waals surface area (Å²) >= 11 is 0. The molecule has 1 aliphatic carbocycles. The minimum Gasteiger partial charge on any atom is -0.494 e. The Morgan fingerprint density at radius 2 is 2.12 bits per heavy atom. The van der Waals surface area contributed by atoms with Gasteiger partial charge in [0.25, 0.3) is 5.91 Å². The third-order valence-corrected chi connectivity index (χ3v) is 4.19. The molecular formula is C18H23N3O3. The minimum absolute atomic E-state index is 0.0000907. The van der Waals surface area contributed by atoms with E-state index in [2.05, 4.69) is 5.10 Å². The van der Waals surface area contributed by atoms with Crippen molar-refractivity contribution in [2.75, 3.05) is 33.9 Å². The summed E-state index contributed by atoms with van der Waals surface area (Å²) in [4.78, 5) is 14.7. The standard InChI is InChI=1S/C18H23N3O3/c1-23-10-9-20(12-14-7-8-14)18(22)15-11-19-21(13-15)16-5-3-4-6-17(16)24-2/h3-6,11,13-14H,7-10,12H2,1-2H3. The number of hydrogen-bond donors (Lipinski definition) is 0. The highest BCUT2D eigenvalue weighted by molar-refractivity contribution is 5.93. The number of carbonyl (C=O) groups is 1. The predicted molar refractivity (Wildman–Crippen MR) is 90.6 cm³/mol. The molecule has 0 unspecified atom stereocenters. The van der Waals surface area contributed by atoms with Crippen LogP contribution in [0.3, 0.4) is 0 Å². The van der Waals surface area contributed by atoms with E-state index in [1.54, 1.807) is 31.3 Å². The van der Waals surface area contributed by atoms with Gasteiger partial charge in [0, 0.05) is 26.4 Å². The van der Waals surface area contributed by atoms with Crippen molar-refractivity contribution in [1.29, 1.82) is 0 Å². The summed E-state index contributed by atoms with van der Waals surface area (Å²) in [6, 6.07) is 7.60. The largest absolute Gasteiger partial charge is 0.494 e. The maximum Gasteiger partial charge on any atom is 0.257 e. The second kappa shape index (κ2) is 7.49. The third kappa shape index (κ3) is 3.76. The molecule has 1 saturated carbocycles. The molecule has 24 heavy (non-hydrogen) atoms. The van der Waals surface area contributed by atoms with Crippen molar-refractivity contribution >= 4 is 5.91 Å². The van der Waals surface area contributed by atoms with Crippen LogP contribution >= 0.6 is 0 Å². The van der Waals surface area contributed by atoms with Crippen LogP contribution in [0.4, 0.5) is 0 Å². The Balaban J connectivity index is 1.78. The van der Waals surface area contributed by atoms with Crippen LogP contribution in [0.2, 0.25) is 0 Å². The number of amides is 1. The van der Waals surface area contributed by atoms with Crippen molar-refractivity contribution in [3.63, 3.8) is 0 Å². The lowest BCUT2D eigenvalue weighted by atomic mass is 10.2. The number of ether oxygens (including phenoxy) is 2. The third-order valence-electron chi connectivity index (χ3n) is 4.19. The van der Waals surface area contributed by atoms with Crippen LogP contribution in [0.15, 0.2) is 36.7 Å². The highest BCUT2D eigenvalue weighted by Crippen LogP contribution is 2.30. The number of methoxy groups -OCH3 is 2. The van der Waals surface area contributed by atoms with Crippen LogP contribution in [-0.2, 0) is 4.74 Å². The molecule has 6 nitrogen and oxygen atoms in total. The second-order valence-electron chi connectivity index (χ2n) is 6.03. The number of para-hydroxylation sites is 2. The Labute approximate surface area is 142 Å². The monoisotopic (exact) mass is 329 g/mol. The molecule has 0 spiro atoms. The summed E-state index contributed by atoms with van der Waals surface area (Å²) in [6.45, 7) is 1.94. The SMILES string of the molecule is COCCN(CC1CC1)C(=O)c1cnn(-c2ccccc2OC)c1. The van der Waals surface area contributed by atoms with Crippen LogP contribution < -0.4 is 4.74 Å². The molecule has 1 amide bonds. The normalized spacial score (nSPS) is 13.8. The van der Waals surface area contributed by atoms with Crippen LogP contribution in [0, 0.1) is 5.92 Å². The van der Waals surface area contributed by atoms with Crippen molar-refractivity contribution in [2.24, 2.45) is 5.92 Å². The van der Waals surface area contributed by atoms with Crippen molar-refractivity contribution in [1.82, 2.24) is 14.7 Å². The molecule has 1 aromatic heterocycles. The van der Waals surface area contributed by atoms with E-state index in [4.69, 9.17) is 9.47 Å². The Kier molecular flexibility index (Phi) is 5.15. The van der Waals surface area contributed by atoms with E-state index < -0.39 is 0 Å². The van der Waals surface area contributed by atoms with E-state index in [-0.39, 0.29) is 5.91 Å². The van der Waals surface area contributed by atoms with Crippen molar-refractivity contribution in [2.45, 2.75) is 12.8 Å². The Morgan fingerprint density at radius 1 is 1.33 bits per heavy atom. The number of carbonyl (C=O) groups excluding carboxylic acids is 1. The van der Waals surface area contributed by atoms with E-state index in [0.29, 0.717) is 30.4 Å². The van der Waals surface area contributed by atoms with E-state index in [1.165, 1.54) is 12.8 Å². The molecule has 0 saturated heterocycles. The summed E-state index contributed by atoms with van der Waals surface area (Å²) < 4.78 is 12.2. The minimum atomic E-state index is 0.0000907.